The molecule has 320 valence electrons. The average Bonchev–Trinajstić information content (AvgIpc) is 3.17. The van der Waals surface area contributed by atoms with Crippen LogP contribution in [0.4, 0.5) is 0 Å². The zero-order valence-corrected chi connectivity index (χ0v) is 34.7. The number of hydrogen-bond donors (Lipinski definition) is 4. The molecule has 1 heterocycles. The quantitative estimate of drug-likeness (QED) is 0.0353. The lowest BCUT2D eigenvalue weighted by molar-refractivity contribution is -0.305. The molecule has 0 amide bonds. The lowest BCUT2D eigenvalue weighted by Crippen LogP contribution is -2.59. The fraction of sp³-hybridized carbons (Fsp3) is 0.955. The van der Waals surface area contributed by atoms with Crippen molar-refractivity contribution < 1.29 is 49.0 Å². The van der Waals surface area contributed by atoms with Crippen molar-refractivity contribution >= 4 is 11.9 Å². The molecule has 10 nitrogen and oxygen atoms in total. The van der Waals surface area contributed by atoms with Crippen molar-refractivity contribution in [1.82, 2.24) is 0 Å². The van der Waals surface area contributed by atoms with Gasteiger partial charge in [-0.05, 0) is 12.8 Å². The molecule has 6 atom stereocenters. The molecule has 54 heavy (non-hydrogen) atoms. The Bertz CT molecular complexity index is 855. The molecule has 0 aromatic rings. The van der Waals surface area contributed by atoms with Gasteiger partial charge >= 0.3 is 11.9 Å². The summed E-state index contributed by atoms with van der Waals surface area (Å²) in [5.41, 5.74) is 0. The van der Waals surface area contributed by atoms with Crippen molar-refractivity contribution in [2.24, 2.45) is 0 Å². The summed E-state index contributed by atoms with van der Waals surface area (Å²) >= 11 is 0. The van der Waals surface area contributed by atoms with Gasteiger partial charge in [0.05, 0.1) is 13.2 Å². The number of carbonyl (C=O) groups is 2. The van der Waals surface area contributed by atoms with Crippen molar-refractivity contribution in [3.63, 3.8) is 0 Å². The minimum atomic E-state index is -1.59. The topological polar surface area (TPSA) is 152 Å². The van der Waals surface area contributed by atoms with Crippen LogP contribution in [0.1, 0.15) is 213 Å². The fourth-order valence-electron chi connectivity index (χ4n) is 7.13. The van der Waals surface area contributed by atoms with Crippen LogP contribution in [0.3, 0.4) is 0 Å². The highest BCUT2D eigenvalue weighted by atomic mass is 16.7. The van der Waals surface area contributed by atoms with Gasteiger partial charge in [0.2, 0.25) is 0 Å². The molecule has 0 unspecified atom stereocenters. The van der Waals surface area contributed by atoms with Crippen LogP contribution < -0.4 is 0 Å². The van der Waals surface area contributed by atoms with Crippen LogP contribution in [0.15, 0.2) is 0 Å². The smallest absolute Gasteiger partial charge is 0.306 e. The van der Waals surface area contributed by atoms with E-state index in [1.807, 2.05) is 0 Å². The van der Waals surface area contributed by atoms with E-state index in [2.05, 4.69) is 13.8 Å². The van der Waals surface area contributed by atoms with Gasteiger partial charge in [-0.2, -0.15) is 0 Å². The third kappa shape index (κ3) is 27.3. The molecular weight excluding hydrogens is 688 g/mol. The van der Waals surface area contributed by atoms with E-state index in [-0.39, 0.29) is 32.0 Å². The molecule has 0 aromatic carbocycles. The van der Waals surface area contributed by atoms with E-state index in [1.54, 1.807) is 0 Å². The summed E-state index contributed by atoms with van der Waals surface area (Å²) in [6, 6.07) is 0. The Balaban J connectivity index is 2.31. The Hall–Kier alpha value is -1.30. The van der Waals surface area contributed by atoms with Crippen molar-refractivity contribution in [2.45, 2.75) is 250 Å². The number of esters is 2. The van der Waals surface area contributed by atoms with Crippen LogP contribution in [-0.4, -0.2) is 89.0 Å². The maximum Gasteiger partial charge on any atom is 0.306 e. The highest BCUT2D eigenvalue weighted by molar-refractivity contribution is 5.70. The maximum atomic E-state index is 12.8. The Morgan fingerprint density at radius 2 is 0.870 bits per heavy atom. The van der Waals surface area contributed by atoms with Gasteiger partial charge in [-0.3, -0.25) is 9.59 Å². The first-order valence-corrected chi connectivity index (χ1v) is 22.6. The molecule has 0 spiro atoms. The normalized spacial score (nSPS) is 20.6. The van der Waals surface area contributed by atoms with Crippen molar-refractivity contribution in [3.05, 3.63) is 0 Å². The largest absolute Gasteiger partial charge is 0.462 e. The average molecular weight is 773 g/mol. The number of rotatable bonds is 38. The van der Waals surface area contributed by atoms with Crippen LogP contribution in [0.2, 0.25) is 0 Å². The molecule has 0 aliphatic carbocycles. The second-order valence-electron chi connectivity index (χ2n) is 15.9. The van der Waals surface area contributed by atoms with E-state index >= 15 is 0 Å². The standard InChI is InChI=1S/C44H84O10/c1-3-5-7-9-11-13-15-17-19-21-23-25-27-29-31-33-40(47)53-37(36-52-44-43(50)42(49)41(48)38(34-45)54-44)35-51-39(46)32-30-28-26-24-22-20-18-16-14-12-10-8-6-4-2/h37-38,41-45,48-50H,3-36H2,1-2H3/t37-,38-,41+,42+,43-,44-/m1/s1. The van der Waals surface area contributed by atoms with Gasteiger partial charge in [0.15, 0.2) is 12.4 Å². The van der Waals surface area contributed by atoms with E-state index < -0.39 is 49.4 Å². The monoisotopic (exact) mass is 773 g/mol. The lowest BCUT2D eigenvalue weighted by atomic mass is 9.99. The predicted molar refractivity (Wildman–Crippen MR) is 215 cm³/mol. The van der Waals surface area contributed by atoms with Crippen LogP contribution in [0.5, 0.6) is 0 Å². The third-order valence-corrected chi connectivity index (χ3v) is 10.7. The van der Waals surface area contributed by atoms with Crippen molar-refractivity contribution in [2.75, 3.05) is 19.8 Å². The zero-order chi connectivity index (χ0) is 39.5. The van der Waals surface area contributed by atoms with Gasteiger partial charge in [-0.25, -0.2) is 0 Å². The second kappa shape index (κ2) is 36.1. The molecule has 10 heteroatoms. The first kappa shape index (κ1) is 50.7. The first-order valence-electron chi connectivity index (χ1n) is 22.6. The molecule has 1 aliphatic rings. The zero-order valence-electron chi connectivity index (χ0n) is 34.7. The van der Waals surface area contributed by atoms with Crippen LogP contribution in [0.25, 0.3) is 0 Å². The Labute approximate surface area is 329 Å². The molecule has 1 rings (SSSR count). The highest BCUT2D eigenvalue weighted by Gasteiger charge is 2.44. The number of carbonyl (C=O) groups excluding carboxylic acids is 2. The summed E-state index contributed by atoms with van der Waals surface area (Å²) in [5.74, 6) is -0.791. The summed E-state index contributed by atoms with van der Waals surface area (Å²) in [7, 11) is 0. The fourth-order valence-corrected chi connectivity index (χ4v) is 7.13. The van der Waals surface area contributed by atoms with Gasteiger partial charge in [0, 0.05) is 12.8 Å². The number of aliphatic hydroxyl groups is 4. The summed E-state index contributed by atoms with van der Waals surface area (Å²) in [5, 5.41) is 40.0. The first-order chi connectivity index (χ1) is 26.3. The maximum absolute atomic E-state index is 12.8. The highest BCUT2D eigenvalue weighted by Crippen LogP contribution is 2.23. The number of ether oxygens (including phenoxy) is 4. The van der Waals surface area contributed by atoms with Crippen molar-refractivity contribution in [3.8, 4) is 0 Å². The summed E-state index contributed by atoms with van der Waals surface area (Å²) < 4.78 is 22.2. The molecule has 1 aliphatic heterocycles. The minimum absolute atomic E-state index is 0.209. The van der Waals surface area contributed by atoms with Gasteiger partial charge < -0.3 is 39.4 Å². The molecule has 1 fully saturated rings. The van der Waals surface area contributed by atoms with Crippen LogP contribution in [0, 0.1) is 0 Å². The predicted octanol–water partition coefficient (Wildman–Crippen LogP) is 9.39. The van der Waals surface area contributed by atoms with E-state index in [4.69, 9.17) is 18.9 Å². The second-order valence-corrected chi connectivity index (χ2v) is 15.9. The van der Waals surface area contributed by atoms with Gasteiger partial charge in [0.25, 0.3) is 0 Å². The summed E-state index contributed by atoms with van der Waals surface area (Å²) in [4.78, 5) is 25.3. The third-order valence-electron chi connectivity index (χ3n) is 10.7. The van der Waals surface area contributed by atoms with Crippen LogP contribution >= 0.6 is 0 Å². The molecular formula is C44H84O10. The Morgan fingerprint density at radius 3 is 1.26 bits per heavy atom. The van der Waals surface area contributed by atoms with Gasteiger partial charge in [-0.1, -0.05) is 187 Å². The van der Waals surface area contributed by atoms with E-state index in [9.17, 15) is 30.0 Å². The molecule has 0 bridgehead atoms. The molecule has 1 saturated heterocycles. The van der Waals surface area contributed by atoms with E-state index in [0.717, 1.165) is 38.5 Å². The van der Waals surface area contributed by atoms with Crippen molar-refractivity contribution in [1.29, 1.82) is 0 Å². The number of aliphatic hydroxyl groups excluding tert-OH is 4. The summed E-state index contributed by atoms with van der Waals surface area (Å²) in [6.07, 6.45) is 28.2. The Morgan fingerprint density at radius 1 is 0.500 bits per heavy atom. The number of unbranched alkanes of at least 4 members (excludes halogenated alkanes) is 27. The molecule has 4 N–H and O–H groups in total. The molecule has 0 radical (unpaired) electrons. The van der Waals surface area contributed by atoms with E-state index in [1.165, 1.54) is 141 Å². The SMILES string of the molecule is CCCCCCCCCCCCCCCCCC(=O)O[C@H](COC(=O)CCCCCCCCCCCCCCCC)CO[C@@H]1O[C@H](CO)[C@H](O)[C@H](O)[C@H]1O. The van der Waals surface area contributed by atoms with Gasteiger partial charge in [0.1, 0.15) is 31.0 Å². The Kier molecular flexibility index (Phi) is 33.9. The van der Waals surface area contributed by atoms with Crippen LogP contribution in [-0.2, 0) is 28.5 Å². The molecule has 0 aromatic heterocycles. The van der Waals surface area contributed by atoms with Gasteiger partial charge in [-0.15, -0.1) is 0 Å². The molecule has 0 saturated carbocycles. The summed E-state index contributed by atoms with van der Waals surface area (Å²) in [6.45, 7) is 3.45. The van der Waals surface area contributed by atoms with E-state index in [0.29, 0.717) is 6.42 Å². The minimum Gasteiger partial charge on any atom is -0.462 e. The lowest BCUT2D eigenvalue weighted by Gasteiger charge is -2.39. The number of hydrogen-bond acceptors (Lipinski definition) is 10.